The summed E-state index contributed by atoms with van der Waals surface area (Å²) in [6, 6.07) is 14.9. The number of hydrogen-bond donors (Lipinski definition) is 1. The van der Waals surface area contributed by atoms with Crippen LogP contribution in [0.2, 0.25) is 0 Å². The highest BCUT2D eigenvalue weighted by Crippen LogP contribution is 2.26. The van der Waals surface area contributed by atoms with Crippen LogP contribution in [0.1, 0.15) is 31.1 Å². The van der Waals surface area contributed by atoms with Crippen LogP contribution in [0.25, 0.3) is 11.1 Å². The summed E-state index contributed by atoms with van der Waals surface area (Å²) < 4.78 is 5.33. The van der Waals surface area contributed by atoms with Crippen molar-refractivity contribution in [1.29, 1.82) is 0 Å². The zero-order valence-electron chi connectivity index (χ0n) is 12.0. The molecule has 0 aliphatic rings. The molecule has 0 radical (unpaired) electrons. The first kappa shape index (κ1) is 14.1. The van der Waals surface area contributed by atoms with E-state index in [0.29, 0.717) is 5.56 Å². The molecule has 2 N–H and O–H groups in total. The van der Waals surface area contributed by atoms with E-state index in [1.54, 1.807) is 12.1 Å². The van der Waals surface area contributed by atoms with Gasteiger partial charge in [0.25, 0.3) is 0 Å². The molecule has 104 valence electrons. The lowest BCUT2D eigenvalue weighted by molar-refractivity contribution is 0.00696. The van der Waals surface area contributed by atoms with Crippen LogP contribution in [0.4, 0.5) is 5.69 Å². The van der Waals surface area contributed by atoms with Crippen LogP contribution in [-0.4, -0.2) is 11.6 Å². The average molecular weight is 269 g/mol. The van der Waals surface area contributed by atoms with Gasteiger partial charge in [-0.3, -0.25) is 0 Å². The fourth-order valence-electron chi connectivity index (χ4n) is 1.88. The Labute approximate surface area is 119 Å². The zero-order valence-corrected chi connectivity index (χ0v) is 12.0. The lowest BCUT2D eigenvalue weighted by Crippen LogP contribution is -2.23. The second-order valence-electron chi connectivity index (χ2n) is 5.67. The number of esters is 1. The van der Waals surface area contributed by atoms with Gasteiger partial charge in [-0.25, -0.2) is 4.79 Å². The van der Waals surface area contributed by atoms with E-state index in [9.17, 15) is 4.79 Å². The molecule has 2 aromatic carbocycles. The molecule has 3 heteroatoms. The van der Waals surface area contributed by atoms with Crippen molar-refractivity contribution in [2.45, 2.75) is 26.4 Å². The summed E-state index contributed by atoms with van der Waals surface area (Å²) in [5.41, 5.74) is 8.66. The number of rotatable bonds is 2. The van der Waals surface area contributed by atoms with E-state index in [1.165, 1.54) is 0 Å². The molecule has 0 heterocycles. The van der Waals surface area contributed by atoms with Gasteiger partial charge in [0.1, 0.15) is 5.60 Å². The summed E-state index contributed by atoms with van der Waals surface area (Å²) in [5.74, 6) is -0.315. The predicted octanol–water partition coefficient (Wildman–Crippen LogP) is 3.89. The topological polar surface area (TPSA) is 52.3 Å². The van der Waals surface area contributed by atoms with E-state index < -0.39 is 5.60 Å². The summed E-state index contributed by atoms with van der Waals surface area (Å²) in [6.07, 6.45) is 0. The fourth-order valence-corrected chi connectivity index (χ4v) is 1.88. The monoisotopic (exact) mass is 269 g/mol. The lowest BCUT2D eigenvalue weighted by atomic mass is 10.0. The molecule has 0 aliphatic heterocycles. The van der Waals surface area contributed by atoms with Crippen molar-refractivity contribution in [3.63, 3.8) is 0 Å². The number of hydrogen-bond acceptors (Lipinski definition) is 3. The highest BCUT2D eigenvalue weighted by atomic mass is 16.6. The van der Waals surface area contributed by atoms with Gasteiger partial charge in [-0.2, -0.15) is 0 Å². The molecule has 0 saturated heterocycles. The van der Waals surface area contributed by atoms with Gasteiger partial charge < -0.3 is 10.5 Å². The van der Waals surface area contributed by atoms with Crippen LogP contribution in [0.15, 0.2) is 48.5 Å². The van der Waals surface area contributed by atoms with Crippen molar-refractivity contribution in [3.8, 4) is 11.1 Å². The molecule has 0 atom stereocenters. The molecule has 0 aromatic heterocycles. The van der Waals surface area contributed by atoms with Gasteiger partial charge in [0.05, 0.1) is 5.56 Å². The van der Waals surface area contributed by atoms with Crippen LogP contribution < -0.4 is 5.73 Å². The van der Waals surface area contributed by atoms with Crippen LogP contribution in [0.5, 0.6) is 0 Å². The SMILES string of the molecule is CC(C)(C)OC(=O)c1ccc(-c2ccccc2N)cc1. The van der Waals surface area contributed by atoms with Gasteiger partial charge in [-0.05, 0) is 44.5 Å². The van der Waals surface area contributed by atoms with E-state index >= 15 is 0 Å². The van der Waals surface area contributed by atoms with Crippen molar-refractivity contribution >= 4 is 11.7 Å². The van der Waals surface area contributed by atoms with E-state index in [-0.39, 0.29) is 5.97 Å². The molecule has 0 fully saturated rings. The molecule has 0 amide bonds. The number of benzene rings is 2. The minimum absolute atomic E-state index is 0.315. The first-order valence-corrected chi connectivity index (χ1v) is 6.55. The Balaban J connectivity index is 2.23. The average Bonchev–Trinajstić information content (AvgIpc) is 2.37. The fraction of sp³-hybridized carbons (Fsp3) is 0.235. The summed E-state index contributed by atoms with van der Waals surface area (Å²) in [6.45, 7) is 5.55. The normalized spacial score (nSPS) is 11.2. The molecule has 2 rings (SSSR count). The Morgan fingerprint density at radius 3 is 2.15 bits per heavy atom. The largest absolute Gasteiger partial charge is 0.456 e. The summed E-state index contributed by atoms with van der Waals surface area (Å²) >= 11 is 0. The third-order valence-electron chi connectivity index (χ3n) is 2.79. The van der Waals surface area contributed by atoms with Gasteiger partial charge in [0.2, 0.25) is 0 Å². The van der Waals surface area contributed by atoms with Gasteiger partial charge in [0, 0.05) is 11.3 Å². The molecule has 0 saturated carbocycles. The van der Waals surface area contributed by atoms with Gasteiger partial charge >= 0.3 is 5.97 Å². The summed E-state index contributed by atoms with van der Waals surface area (Å²) in [7, 11) is 0. The lowest BCUT2D eigenvalue weighted by Gasteiger charge is -2.19. The van der Waals surface area contributed by atoms with E-state index in [1.807, 2.05) is 57.2 Å². The number of carbonyl (C=O) groups is 1. The highest BCUT2D eigenvalue weighted by molar-refractivity contribution is 5.90. The van der Waals surface area contributed by atoms with Crippen molar-refractivity contribution in [2.24, 2.45) is 0 Å². The van der Waals surface area contributed by atoms with E-state index in [0.717, 1.165) is 16.8 Å². The number of nitrogens with two attached hydrogens (primary N) is 1. The minimum atomic E-state index is -0.486. The van der Waals surface area contributed by atoms with E-state index in [2.05, 4.69) is 0 Å². The molecule has 20 heavy (non-hydrogen) atoms. The molecule has 3 nitrogen and oxygen atoms in total. The standard InChI is InChI=1S/C17H19NO2/c1-17(2,3)20-16(19)13-10-8-12(9-11-13)14-6-4-5-7-15(14)18/h4-11H,18H2,1-3H3. The summed E-state index contributed by atoms with van der Waals surface area (Å²) in [4.78, 5) is 11.9. The van der Waals surface area contributed by atoms with Gasteiger partial charge in [0.15, 0.2) is 0 Å². The van der Waals surface area contributed by atoms with E-state index in [4.69, 9.17) is 10.5 Å². The third kappa shape index (κ3) is 3.38. The highest BCUT2D eigenvalue weighted by Gasteiger charge is 2.17. The maximum atomic E-state index is 11.9. The van der Waals surface area contributed by atoms with Crippen LogP contribution >= 0.6 is 0 Å². The van der Waals surface area contributed by atoms with Crippen molar-refractivity contribution in [3.05, 3.63) is 54.1 Å². The molecular formula is C17H19NO2. The van der Waals surface area contributed by atoms with Crippen molar-refractivity contribution < 1.29 is 9.53 Å². The predicted molar refractivity (Wildman–Crippen MR) is 81.5 cm³/mol. The Bertz CT molecular complexity index is 610. The Kier molecular flexibility index (Phi) is 3.79. The molecule has 0 spiro atoms. The maximum absolute atomic E-state index is 11.9. The molecule has 0 unspecified atom stereocenters. The number of ether oxygens (including phenoxy) is 1. The Hall–Kier alpha value is -2.29. The Morgan fingerprint density at radius 1 is 1.00 bits per heavy atom. The smallest absolute Gasteiger partial charge is 0.338 e. The summed E-state index contributed by atoms with van der Waals surface area (Å²) in [5, 5.41) is 0. The Morgan fingerprint density at radius 2 is 1.60 bits per heavy atom. The number of para-hydroxylation sites is 1. The van der Waals surface area contributed by atoms with Crippen molar-refractivity contribution in [1.82, 2.24) is 0 Å². The third-order valence-corrected chi connectivity index (χ3v) is 2.79. The zero-order chi connectivity index (χ0) is 14.8. The van der Waals surface area contributed by atoms with Gasteiger partial charge in [-0.1, -0.05) is 30.3 Å². The van der Waals surface area contributed by atoms with Crippen molar-refractivity contribution in [2.75, 3.05) is 5.73 Å². The number of anilines is 1. The van der Waals surface area contributed by atoms with Gasteiger partial charge in [-0.15, -0.1) is 0 Å². The quantitative estimate of drug-likeness (QED) is 0.664. The second kappa shape index (κ2) is 5.37. The minimum Gasteiger partial charge on any atom is -0.456 e. The molecular weight excluding hydrogens is 250 g/mol. The molecule has 2 aromatic rings. The molecule has 0 bridgehead atoms. The second-order valence-corrected chi connectivity index (χ2v) is 5.67. The molecule has 0 aliphatic carbocycles. The number of nitrogen functional groups attached to an aromatic ring is 1. The van der Waals surface area contributed by atoms with Crippen LogP contribution in [0.3, 0.4) is 0 Å². The number of carbonyl (C=O) groups excluding carboxylic acids is 1. The maximum Gasteiger partial charge on any atom is 0.338 e. The first-order chi connectivity index (χ1) is 9.37. The van der Waals surface area contributed by atoms with Crippen LogP contribution in [-0.2, 0) is 4.74 Å². The van der Waals surface area contributed by atoms with Crippen LogP contribution in [0, 0.1) is 0 Å². The first-order valence-electron chi connectivity index (χ1n) is 6.55.